The third kappa shape index (κ3) is 2.04. The lowest BCUT2D eigenvalue weighted by Crippen LogP contribution is -2.56. The van der Waals surface area contributed by atoms with Crippen molar-refractivity contribution < 1.29 is 14.3 Å². The fraction of sp³-hybridized carbons (Fsp3) is 0.455. The van der Waals surface area contributed by atoms with E-state index in [0.717, 1.165) is 25.3 Å². The van der Waals surface area contributed by atoms with Crippen molar-refractivity contribution in [2.45, 2.75) is 24.8 Å². The highest BCUT2D eigenvalue weighted by atomic mass is 19.1. The maximum Gasteiger partial charge on any atom is 0.253 e. The average Bonchev–Trinajstić information content (AvgIpc) is 2.24. The molecule has 0 spiro atoms. The van der Waals surface area contributed by atoms with Crippen molar-refractivity contribution in [2.24, 2.45) is 0 Å². The first kappa shape index (κ1) is 11.0. The van der Waals surface area contributed by atoms with Gasteiger partial charge in [0.1, 0.15) is 0 Å². The Balaban J connectivity index is 2.05. The number of aliphatic hydroxyl groups excluding tert-OH is 1. The van der Waals surface area contributed by atoms with Crippen LogP contribution in [0.1, 0.15) is 29.6 Å². The van der Waals surface area contributed by atoms with Crippen molar-refractivity contribution in [3.05, 3.63) is 29.8 Å². The van der Waals surface area contributed by atoms with E-state index in [4.69, 9.17) is 0 Å². The van der Waals surface area contributed by atoms with Gasteiger partial charge < -0.3 is 10.4 Å². The van der Waals surface area contributed by atoms with Crippen LogP contribution >= 0.6 is 0 Å². The van der Waals surface area contributed by atoms with Gasteiger partial charge in [-0.1, -0.05) is 0 Å². The molecule has 0 radical (unpaired) electrons. The SMILES string of the molecule is O=C(NC1(CO)CCC1)c1ccc(F)nc1. The van der Waals surface area contributed by atoms with Gasteiger partial charge in [-0.05, 0) is 31.4 Å². The van der Waals surface area contributed by atoms with Crippen LogP contribution in [-0.4, -0.2) is 28.1 Å². The molecule has 1 saturated carbocycles. The molecule has 0 saturated heterocycles. The van der Waals surface area contributed by atoms with Crippen LogP contribution in [0.4, 0.5) is 4.39 Å². The van der Waals surface area contributed by atoms with Gasteiger partial charge >= 0.3 is 0 Å². The highest BCUT2D eigenvalue weighted by Crippen LogP contribution is 2.31. The summed E-state index contributed by atoms with van der Waals surface area (Å²) in [6, 6.07) is 2.52. The molecule has 2 rings (SSSR count). The van der Waals surface area contributed by atoms with Crippen LogP contribution < -0.4 is 5.32 Å². The molecule has 1 aromatic heterocycles. The molecule has 1 aromatic rings. The highest BCUT2D eigenvalue weighted by Gasteiger charge is 2.37. The fourth-order valence-corrected chi connectivity index (χ4v) is 1.75. The van der Waals surface area contributed by atoms with Crippen LogP contribution in [0.25, 0.3) is 0 Å². The minimum absolute atomic E-state index is 0.0621. The van der Waals surface area contributed by atoms with Crippen molar-refractivity contribution in [3.8, 4) is 0 Å². The Morgan fingerprint density at radius 1 is 1.56 bits per heavy atom. The number of aromatic nitrogens is 1. The number of carbonyl (C=O) groups excluding carboxylic acids is 1. The summed E-state index contributed by atoms with van der Waals surface area (Å²) in [5.41, 5.74) is -0.174. The zero-order chi connectivity index (χ0) is 11.6. The van der Waals surface area contributed by atoms with Gasteiger partial charge in [0.05, 0.1) is 17.7 Å². The standard InChI is InChI=1S/C11H13FN2O2/c12-9-3-2-8(6-13-9)10(16)14-11(7-15)4-1-5-11/h2-3,6,15H,1,4-5,7H2,(H,14,16). The molecule has 5 heteroatoms. The lowest BCUT2D eigenvalue weighted by atomic mass is 9.77. The summed E-state index contributed by atoms with van der Waals surface area (Å²) >= 11 is 0. The molecule has 1 heterocycles. The van der Waals surface area contributed by atoms with E-state index in [1.54, 1.807) is 0 Å². The zero-order valence-electron chi connectivity index (χ0n) is 8.74. The molecule has 86 valence electrons. The van der Waals surface area contributed by atoms with Gasteiger partial charge in [0.2, 0.25) is 5.95 Å². The van der Waals surface area contributed by atoms with Crippen molar-refractivity contribution in [1.29, 1.82) is 0 Å². The second-order valence-electron chi connectivity index (χ2n) is 4.12. The number of hydrogen-bond acceptors (Lipinski definition) is 3. The monoisotopic (exact) mass is 224 g/mol. The maximum absolute atomic E-state index is 12.5. The molecule has 1 aliphatic carbocycles. The van der Waals surface area contributed by atoms with Crippen LogP contribution in [0.15, 0.2) is 18.3 Å². The first-order chi connectivity index (χ1) is 7.65. The van der Waals surface area contributed by atoms with E-state index in [1.807, 2.05) is 0 Å². The molecular formula is C11H13FN2O2. The lowest BCUT2D eigenvalue weighted by molar-refractivity contribution is 0.0641. The molecule has 0 aromatic carbocycles. The third-order valence-electron chi connectivity index (χ3n) is 2.98. The van der Waals surface area contributed by atoms with Gasteiger partial charge in [0, 0.05) is 6.20 Å². The molecule has 0 unspecified atom stereocenters. The first-order valence-corrected chi connectivity index (χ1v) is 5.20. The first-order valence-electron chi connectivity index (χ1n) is 5.20. The Labute approximate surface area is 92.5 Å². The second kappa shape index (κ2) is 4.17. The second-order valence-corrected chi connectivity index (χ2v) is 4.12. The Bertz CT molecular complexity index is 382. The van der Waals surface area contributed by atoms with Crippen LogP contribution in [0.3, 0.4) is 0 Å². The largest absolute Gasteiger partial charge is 0.394 e. The maximum atomic E-state index is 12.5. The summed E-state index contributed by atoms with van der Waals surface area (Å²) in [5.74, 6) is -0.932. The number of nitrogens with one attached hydrogen (secondary N) is 1. The summed E-state index contributed by atoms with van der Waals surface area (Å²) in [7, 11) is 0. The van der Waals surface area contributed by atoms with Gasteiger partial charge in [-0.3, -0.25) is 4.79 Å². The number of aliphatic hydroxyl groups is 1. The Hall–Kier alpha value is -1.49. The number of halogens is 1. The van der Waals surface area contributed by atoms with Crippen LogP contribution in [0, 0.1) is 5.95 Å². The number of hydrogen-bond donors (Lipinski definition) is 2. The summed E-state index contributed by atoms with van der Waals surface area (Å²) < 4.78 is 12.5. The van der Waals surface area contributed by atoms with Crippen LogP contribution in [-0.2, 0) is 0 Å². The van der Waals surface area contributed by atoms with E-state index in [2.05, 4.69) is 10.3 Å². The van der Waals surface area contributed by atoms with Gasteiger partial charge in [0.15, 0.2) is 0 Å². The van der Waals surface area contributed by atoms with E-state index in [1.165, 1.54) is 12.3 Å². The number of nitrogens with zero attached hydrogens (tertiary/aromatic N) is 1. The number of amides is 1. The molecule has 0 bridgehead atoms. The van der Waals surface area contributed by atoms with Crippen molar-refractivity contribution in [2.75, 3.05) is 6.61 Å². The smallest absolute Gasteiger partial charge is 0.253 e. The fourth-order valence-electron chi connectivity index (χ4n) is 1.75. The topological polar surface area (TPSA) is 62.2 Å². The van der Waals surface area contributed by atoms with E-state index in [9.17, 15) is 14.3 Å². The molecule has 4 nitrogen and oxygen atoms in total. The van der Waals surface area contributed by atoms with Gasteiger partial charge in [-0.15, -0.1) is 0 Å². The average molecular weight is 224 g/mol. The normalized spacial score (nSPS) is 17.6. The molecule has 2 N–H and O–H groups in total. The summed E-state index contributed by atoms with van der Waals surface area (Å²) in [5, 5.41) is 12.0. The Kier molecular flexibility index (Phi) is 2.87. The number of rotatable bonds is 3. The van der Waals surface area contributed by atoms with E-state index in [-0.39, 0.29) is 12.5 Å². The zero-order valence-corrected chi connectivity index (χ0v) is 8.74. The minimum atomic E-state index is -0.614. The van der Waals surface area contributed by atoms with E-state index in [0.29, 0.717) is 5.56 Å². The van der Waals surface area contributed by atoms with Crippen molar-refractivity contribution in [1.82, 2.24) is 10.3 Å². The Morgan fingerprint density at radius 2 is 2.31 bits per heavy atom. The van der Waals surface area contributed by atoms with Crippen molar-refractivity contribution in [3.63, 3.8) is 0 Å². The number of pyridine rings is 1. The minimum Gasteiger partial charge on any atom is -0.394 e. The predicted molar refractivity (Wildman–Crippen MR) is 55.3 cm³/mol. The van der Waals surface area contributed by atoms with Gasteiger partial charge in [-0.25, -0.2) is 4.98 Å². The van der Waals surface area contributed by atoms with Crippen LogP contribution in [0.2, 0.25) is 0 Å². The highest BCUT2D eigenvalue weighted by molar-refractivity contribution is 5.94. The van der Waals surface area contributed by atoms with Crippen LogP contribution in [0.5, 0.6) is 0 Å². The van der Waals surface area contributed by atoms with Crippen molar-refractivity contribution >= 4 is 5.91 Å². The van der Waals surface area contributed by atoms with Gasteiger partial charge in [0.25, 0.3) is 5.91 Å². The molecule has 1 amide bonds. The van der Waals surface area contributed by atoms with E-state index >= 15 is 0 Å². The summed E-state index contributed by atoms with van der Waals surface area (Å²) in [6.07, 6.45) is 3.75. The predicted octanol–water partition coefficient (Wildman–Crippen LogP) is 0.865. The third-order valence-corrected chi connectivity index (χ3v) is 2.98. The molecule has 0 aliphatic heterocycles. The van der Waals surface area contributed by atoms with Gasteiger partial charge in [-0.2, -0.15) is 4.39 Å². The molecule has 1 fully saturated rings. The quantitative estimate of drug-likeness (QED) is 0.749. The lowest BCUT2D eigenvalue weighted by Gasteiger charge is -2.40. The molecule has 1 aliphatic rings. The molecule has 0 atom stereocenters. The Morgan fingerprint density at radius 3 is 2.75 bits per heavy atom. The molecular weight excluding hydrogens is 211 g/mol. The summed E-state index contributed by atoms with van der Waals surface area (Å²) in [4.78, 5) is 15.1. The summed E-state index contributed by atoms with van der Waals surface area (Å²) in [6.45, 7) is -0.0621. The number of carbonyl (C=O) groups is 1. The molecule has 16 heavy (non-hydrogen) atoms. The van der Waals surface area contributed by atoms with E-state index < -0.39 is 11.5 Å².